The normalized spacial score (nSPS) is 13.8. The highest BCUT2D eigenvalue weighted by molar-refractivity contribution is 6.30. The van der Waals surface area contributed by atoms with E-state index in [1.54, 1.807) is 18.2 Å². The van der Waals surface area contributed by atoms with Gasteiger partial charge < -0.3 is 19.6 Å². The molecule has 11 heteroatoms. The standard InChI is InChI=1S/C24H25ClN6O4/c1-35-21-13-17(5-6-20(21)32)15-26-27-23(33)16-31-24(34)8-7-22(28-31)30-11-9-29(10-12-30)19-4-2-3-18(25)14-19/h2-8,13-15,32H,9-12,16H2,1H3,(H,27,33)/b26-15+. The summed E-state index contributed by atoms with van der Waals surface area (Å²) in [7, 11) is 1.44. The molecule has 182 valence electrons. The maximum absolute atomic E-state index is 12.3. The largest absolute Gasteiger partial charge is 0.504 e. The summed E-state index contributed by atoms with van der Waals surface area (Å²) < 4.78 is 6.16. The van der Waals surface area contributed by atoms with Crippen LogP contribution in [-0.4, -0.2) is 60.3 Å². The molecule has 4 rings (SSSR count). The topological polar surface area (TPSA) is 112 Å². The van der Waals surface area contributed by atoms with Gasteiger partial charge in [0.05, 0.1) is 13.3 Å². The van der Waals surface area contributed by atoms with Crippen molar-refractivity contribution in [1.82, 2.24) is 15.2 Å². The van der Waals surface area contributed by atoms with Gasteiger partial charge in [-0.1, -0.05) is 17.7 Å². The Bertz CT molecular complexity index is 1290. The van der Waals surface area contributed by atoms with Gasteiger partial charge in [0.1, 0.15) is 12.4 Å². The quantitative estimate of drug-likeness (QED) is 0.380. The molecule has 0 radical (unpaired) electrons. The number of carbonyl (C=O) groups is 1. The van der Waals surface area contributed by atoms with Gasteiger partial charge in [-0.05, 0) is 48.0 Å². The first-order chi connectivity index (χ1) is 16.9. The smallest absolute Gasteiger partial charge is 0.267 e. The van der Waals surface area contributed by atoms with Crippen LogP contribution >= 0.6 is 11.6 Å². The summed E-state index contributed by atoms with van der Waals surface area (Å²) in [5.74, 6) is 0.429. The number of anilines is 2. The van der Waals surface area contributed by atoms with E-state index in [-0.39, 0.29) is 17.9 Å². The monoisotopic (exact) mass is 496 g/mol. The summed E-state index contributed by atoms with van der Waals surface area (Å²) in [6.07, 6.45) is 1.41. The summed E-state index contributed by atoms with van der Waals surface area (Å²) in [5.41, 5.74) is 3.69. The lowest BCUT2D eigenvalue weighted by atomic mass is 10.2. The maximum atomic E-state index is 12.3. The molecule has 2 N–H and O–H groups in total. The predicted molar refractivity (Wildman–Crippen MR) is 135 cm³/mol. The molecule has 2 aromatic carbocycles. The Morgan fingerprint density at radius 1 is 1.14 bits per heavy atom. The van der Waals surface area contributed by atoms with Crippen molar-refractivity contribution in [2.24, 2.45) is 5.10 Å². The lowest BCUT2D eigenvalue weighted by Crippen LogP contribution is -2.47. The van der Waals surface area contributed by atoms with Crippen molar-refractivity contribution in [2.75, 3.05) is 43.1 Å². The number of phenolic OH excluding ortho intramolecular Hbond substituents is 1. The van der Waals surface area contributed by atoms with E-state index in [1.807, 2.05) is 24.3 Å². The van der Waals surface area contributed by atoms with Gasteiger partial charge >= 0.3 is 0 Å². The van der Waals surface area contributed by atoms with Gasteiger partial charge in [0.25, 0.3) is 11.5 Å². The molecule has 3 aromatic rings. The number of methoxy groups -OCH3 is 1. The molecular weight excluding hydrogens is 472 g/mol. The Morgan fingerprint density at radius 2 is 1.91 bits per heavy atom. The number of hydrogen-bond donors (Lipinski definition) is 2. The average molecular weight is 497 g/mol. The number of hydrazone groups is 1. The number of aromatic nitrogens is 2. The number of benzene rings is 2. The minimum absolute atomic E-state index is 0.00453. The lowest BCUT2D eigenvalue weighted by Gasteiger charge is -2.36. The van der Waals surface area contributed by atoms with Gasteiger partial charge in [-0.25, -0.2) is 10.1 Å². The SMILES string of the molecule is COc1cc(/C=N/NC(=O)Cn2nc(N3CCN(c4cccc(Cl)c4)CC3)ccc2=O)ccc1O. The van der Waals surface area contributed by atoms with Gasteiger partial charge in [0.2, 0.25) is 0 Å². The van der Waals surface area contributed by atoms with Crippen LogP contribution in [0.4, 0.5) is 11.5 Å². The van der Waals surface area contributed by atoms with E-state index in [4.69, 9.17) is 16.3 Å². The molecule has 0 spiro atoms. The van der Waals surface area contributed by atoms with Gasteiger partial charge in [0.15, 0.2) is 11.5 Å². The van der Waals surface area contributed by atoms with E-state index < -0.39 is 5.91 Å². The third-order valence-electron chi connectivity index (χ3n) is 5.53. The second-order valence-electron chi connectivity index (χ2n) is 7.87. The number of carbonyl (C=O) groups excluding carboxylic acids is 1. The van der Waals surface area contributed by atoms with Crippen LogP contribution < -0.4 is 25.5 Å². The molecule has 1 saturated heterocycles. The van der Waals surface area contributed by atoms with Crippen LogP contribution in [0.5, 0.6) is 11.5 Å². The number of rotatable bonds is 7. The van der Waals surface area contributed by atoms with Crippen LogP contribution in [0.3, 0.4) is 0 Å². The first kappa shape index (κ1) is 24.1. The molecule has 0 aliphatic carbocycles. The summed E-state index contributed by atoms with van der Waals surface area (Å²) in [4.78, 5) is 28.9. The molecule has 0 bridgehead atoms. The van der Waals surface area contributed by atoms with E-state index in [0.29, 0.717) is 35.2 Å². The van der Waals surface area contributed by atoms with Gasteiger partial charge in [-0.2, -0.15) is 10.2 Å². The van der Waals surface area contributed by atoms with Crippen molar-refractivity contribution in [3.8, 4) is 11.5 Å². The average Bonchev–Trinajstić information content (AvgIpc) is 2.86. The highest BCUT2D eigenvalue weighted by Gasteiger charge is 2.19. The van der Waals surface area contributed by atoms with Gasteiger partial charge in [0, 0.05) is 43.0 Å². The molecule has 1 fully saturated rings. The zero-order valence-corrected chi connectivity index (χ0v) is 19.9. The van der Waals surface area contributed by atoms with Crippen LogP contribution in [0.15, 0.2) is 64.5 Å². The Morgan fingerprint density at radius 3 is 2.66 bits per heavy atom. The molecular formula is C24H25ClN6O4. The number of amides is 1. The first-order valence-corrected chi connectivity index (χ1v) is 11.3. The van der Waals surface area contributed by atoms with Gasteiger partial charge in [-0.15, -0.1) is 0 Å². The minimum Gasteiger partial charge on any atom is -0.504 e. The zero-order chi connectivity index (χ0) is 24.8. The summed E-state index contributed by atoms with van der Waals surface area (Å²) >= 11 is 6.11. The molecule has 1 aliphatic heterocycles. The van der Waals surface area contributed by atoms with Crippen molar-refractivity contribution in [2.45, 2.75) is 6.54 Å². The van der Waals surface area contributed by atoms with Gasteiger partial charge in [-0.3, -0.25) is 9.59 Å². The fraction of sp³-hybridized carbons (Fsp3) is 0.250. The summed E-state index contributed by atoms with van der Waals surface area (Å²) in [6.45, 7) is 2.71. The fourth-order valence-electron chi connectivity index (χ4n) is 3.71. The van der Waals surface area contributed by atoms with Crippen LogP contribution in [-0.2, 0) is 11.3 Å². The summed E-state index contributed by atoms with van der Waals surface area (Å²) in [6, 6.07) is 15.5. The number of aromatic hydroxyl groups is 1. The molecule has 2 heterocycles. The van der Waals surface area contributed by atoms with Crippen LogP contribution in [0.1, 0.15) is 5.56 Å². The van der Waals surface area contributed by atoms with E-state index in [2.05, 4.69) is 25.4 Å². The Hall–Kier alpha value is -4.05. The lowest BCUT2D eigenvalue weighted by molar-refractivity contribution is -0.121. The number of ether oxygens (including phenoxy) is 1. The van der Waals surface area contributed by atoms with Crippen molar-refractivity contribution in [3.63, 3.8) is 0 Å². The zero-order valence-electron chi connectivity index (χ0n) is 19.1. The summed E-state index contributed by atoms with van der Waals surface area (Å²) in [5, 5.41) is 18.6. The van der Waals surface area contributed by atoms with E-state index >= 15 is 0 Å². The van der Waals surface area contributed by atoms with Crippen LogP contribution in [0, 0.1) is 0 Å². The molecule has 0 unspecified atom stereocenters. The third-order valence-corrected chi connectivity index (χ3v) is 5.76. The third kappa shape index (κ3) is 6.10. The number of phenols is 1. The number of nitrogens with zero attached hydrogens (tertiary/aromatic N) is 5. The molecule has 0 saturated carbocycles. The molecule has 1 aliphatic rings. The minimum atomic E-state index is -0.496. The Kier molecular flexibility index (Phi) is 7.51. The Labute approximate surface area is 207 Å². The van der Waals surface area contributed by atoms with Crippen molar-refractivity contribution in [3.05, 3.63) is 75.5 Å². The molecule has 10 nitrogen and oxygen atoms in total. The van der Waals surface area contributed by atoms with Crippen molar-refractivity contribution in [1.29, 1.82) is 0 Å². The molecule has 35 heavy (non-hydrogen) atoms. The molecule has 0 atom stereocenters. The number of piperazine rings is 1. The first-order valence-electron chi connectivity index (χ1n) is 11.0. The van der Waals surface area contributed by atoms with Crippen LogP contribution in [0.25, 0.3) is 0 Å². The molecule has 1 aromatic heterocycles. The number of halogens is 1. The Balaban J connectivity index is 1.35. The van der Waals surface area contributed by atoms with E-state index in [9.17, 15) is 14.7 Å². The highest BCUT2D eigenvalue weighted by atomic mass is 35.5. The van der Waals surface area contributed by atoms with Crippen molar-refractivity contribution < 1.29 is 14.6 Å². The molecule has 1 amide bonds. The maximum Gasteiger partial charge on any atom is 0.267 e. The fourth-order valence-corrected chi connectivity index (χ4v) is 3.90. The second kappa shape index (κ2) is 10.9. The van der Waals surface area contributed by atoms with Crippen LogP contribution in [0.2, 0.25) is 5.02 Å². The number of nitrogens with one attached hydrogen (secondary N) is 1. The van der Waals surface area contributed by atoms with E-state index in [1.165, 1.54) is 25.5 Å². The second-order valence-corrected chi connectivity index (χ2v) is 8.30. The predicted octanol–water partition coefficient (Wildman–Crippen LogP) is 2.09. The van der Waals surface area contributed by atoms with E-state index in [0.717, 1.165) is 23.5 Å². The van der Waals surface area contributed by atoms with Crippen molar-refractivity contribution >= 4 is 35.2 Å². The highest BCUT2D eigenvalue weighted by Crippen LogP contribution is 2.25. The number of hydrogen-bond acceptors (Lipinski definition) is 8.